The molecule has 0 saturated heterocycles. The van der Waals surface area contributed by atoms with Crippen molar-refractivity contribution in [1.29, 1.82) is 0 Å². The molecular weight excluding hydrogens is 244 g/mol. The van der Waals surface area contributed by atoms with Crippen LogP contribution in [0.1, 0.15) is 24.8 Å². The SMILES string of the molecule is CCCc1c(NC)ncnc1NCCc1ncno1. The summed E-state index contributed by atoms with van der Waals surface area (Å²) in [5.41, 5.74) is 1.11. The zero-order valence-electron chi connectivity index (χ0n) is 11.2. The fraction of sp³-hybridized carbons (Fsp3) is 0.500. The summed E-state index contributed by atoms with van der Waals surface area (Å²) in [5, 5.41) is 9.96. The first-order valence-corrected chi connectivity index (χ1v) is 6.36. The van der Waals surface area contributed by atoms with Crippen molar-refractivity contribution in [3.05, 3.63) is 24.1 Å². The van der Waals surface area contributed by atoms with Crippen molar-refractivity contribution < 1.29 is 4.52 Å². The highest BCUT2D eigenvalue weighted by Gasteiger charge is 2.09. The zero-order chi connectivity index (χ0) is 13.5. The monoisotopic (exact) mass is 262 g/mol. The van der Waals surface area contributed by atoms with Crippen molar-refractivity contribution in [2.45, 2.75) is 26.2 Å². The van der Waals surface area contributed by atoms with Gasteiger partial charge in [-0.25, -0.2) is 9.97 Å². The highest BCUT2D eigenvalue weighted by atomic mass is 16.5. The lowest BCUT2D eigenvalue weighted by Gasteiger charge is -2.12. The summed E-state index contributed by atoms with van der Waals surface area (Å²) < 4.78 is 4.95. The molecule has 0 bridgehead atoms. The Kier molecular flexibility index (Phi) is 4.66. The van der Waals surface area contributed by atoms with Gasteiger partial charge in [-0.05, 0) is 6.42 Å². The standard InChI is InChI=1S/C12H18N6O/c1-3-4-9-11(13-2)16-7-17-12(9)14-6-5-10-15-8-18-19-10/h7-8H,3-6H2,1-2H3,(H2,13,14,16,17). The maximum Gasteiger partial charge on any atom is 0.228 e. The number of rotatable bonds is 7. The number of aromatic nitrogens is 4. The van der Waals surface area contributed by atoms with Crippen LogP contribution in [0.5, 0.6) is 0 Å². The van der Waals surface area contributed by atoms with Crippen LogP contribution in [0.4, 0.5) is 11.6 Å². The summed E-state index contributed by atoms with van der Waals surface area (Å²) in [5.74, 6) is 2.35. The second kappa shape index (κ2) is 6.67. The number of nitrogens with one attached hydrogen (secondary N) is 2. The summed E-state index contributed by atoms with van der Waals surface area (Å²) >= 11 is 0. The molecule has 2 aromatic rings. The molecule has 0 saturated carbocycles. The Morgan fingerprint density at radius 2 is 1.95 bits per heavy atom. The predicted molar refractivity (Wildman–Crippen MR) is 72.1 cm³/mol. The number of nitrogens with zero attached hydrogens (tertiary/aromatic N) is 4. The average molecular weight is 262 g/mol. The summed E-state index contributed by atoms with van der Waals surface area (Å²) in [7, 11) is 1.86. The van der Waals surface area contributed by atoms with E-state index in [4.69, 9.17) is 4.52 Å². The fourth-order valence-corrected chi connectivity index (χ4v) is 1.86. The van der Waals surface area contributed by atoms with Crippen molar-refractivity contribution >= 4 is 11.6 Å². The van der Waals surface area contributed by atoms with Gasteiger partial charge in [0, 0.05) is 25.6 Å². The van der Waals surface area contributed by atoms with Crippen LogP contribution in [0.25, 0.3) is 0 Å². The lowest BCUT2D eigenvalue weighted by Crippen LogP contribution is -2.11. The molecule has 102 valence electrons. The topological polar surface area (TPSA) is 88.8 Å². The summed E-state index contributed by atoms with van der Waals surface area (Å²) in [6.07, 6.45) is 5.60. The van der Waals surface area contributed by atoms with E-state index >= 15 is 0 Å². The molecular formula is C12H18N6O. The Labute approximate surface area is 111 Å². The molecule has 0 aliphatic rings. The van der Waals surface area contributed by atoms with Crippen LogP contribution >= 0.6 is 0 Å². The largest absolute Gasteiger partial charge is 0.373 e. The maximum atomic E-state index is 4.95. The average Bonchev–Trinajstić information content (AvgIpc) is 2.94. The first kappa shape index (κ1) is 13.3. The molecule has 0 fully saturated rings. The Hall–Kier alpha value is -2.18. The van der Waals surface area contributed by atoms with E-state index in [0.29, 0.717) is 18.9 Å². The van der Waals surface area contributed by atoms with Gasteiger partial charge in [-0.2, -0.15) is 4.98 Å². The number of hydrogen-bond acceptors (Lipinski definition) is 7. The molecule has 19 heavy (non-hydrogen) atoms. The lowest BCUT2D eigenvalue weighted by atomic mass is 10.1. The van der Waals surface area contributed by atoms with Gasteiger partial charge in [-0.3, -0.25) is 0 Å². The molecule has 2 rings (SSSR count). The molecule has 0 aliphatic heterocycles. The number of anilines is 2. The Balaban J connectivity index is 2.02. The molecule has 7 nitrogen and oxygen atoms in total. The van der Waals surface area contributed by atoms with E-state index in [2.05, 4.69) is 37.7 Å². The highest BCUT2D eigenvalue weighted by Crippen LogP contribution is 2.21. The van der Waals surface area contributed by atoms with Crippen LogP contribution in [-0.4, -0.2) is 33.7 Å². The van der Waals surface area contributed by atoms with Crippen LogP contribution in [0.3, 0.4) is 0 Å². The Morgan fingerprint density at radius 3 is 2.63 bits per heavy atom. The van der Waals surface area contributed by atoms with Gasteiger partial charge in [0.25, 0.3) is 0 Å². The Morgan fingerprint density at radius 1 is 1.11 bits per heavy atom. The Bertz CT molecular complexity index is 499. The molecule has 0 radical (unpaired) electrons. The normalized spacial score (nSPS) is 10.4. The molecule has 7 heteroatoms. The fourth-order valence-electron chi connectivity index (χ4n) is 1.86. The van der Waals surface area contributed by atoms with Crippen molar-refractivity contribution in [1.82, 2.24) is 20.1 Å². The second-order valence-electron chi connectivity index (χ2n) is 4.06. The van der Waals surface area contributed by atoms with Crippen molar-refractivity contribution in [3.8, 4) is 0 Å². The van der Waals surface area contributed by atoms with Gasteiger partial charge in [0.15, 0.2) is 6.33 Å². The van der Waals surface area contributed by atoms with Crippen molar-refractivity contribution in [3.63, 3.8) is 0 Å². The summed E-state index contributed by atoms with van der Waals surface area (Å²) in [6, 6.07) is 0. The van der Waals surface area contributed by atoms with E-state index < -0.39 is 0 Å². The van der Waals surface area contributed by atoms with E-state index in [0.717, 1.165) is 30.0 Å². The van der Waals surface area contributed by atoms with Crippen LogP contribution in [0, 0.1) is 0 Å². The third-order valence-electron chi connectivity index (χ3n) is 2.72. The van der Waals surface area contributed by atoms with E-state index in [1.54, 1.807) is 6.33 Å². The van der Waals surface area contributed by atoms with Gasteiger partial charge < -0.3 is 15.2 Å². The van der Waals surface area contributed by atoms with Gasteiger partial charge in [-0.15, -0.1) is 0 Å². The van der Waals surface area contributed by atoms with Crippen LogP contribution in [0.15, 0.2) is 17.2 Å². The van der Waals surface area contributed by atoms with Gasteiger partial charge in [-0.1, -0.05) is 18.5 Å². The molecule has 0 amide bonds. The number of hydrogen-bond donors (Lipinski definition) is 2. The molecule has 0 atom stereocenters. The van der Waals surface area contributed by atoms with Gasteiger partial charge in [0.05, 0.1) is 0 Å². The molecule has 0 unspecified atom stereocenters. The third kappa shape index (κ3) is 3.40. The minimum absolute atomic E-state index is 0.618. The van der Waals surface area contributed by atoms with Gasteiger partial charge in [0.2, 0.25) is 5.89 Å². The van der Waals surface area contributed by atoms with E-state index in [-0.39, 0.29) is 0 Å². The van der Waals surface area contributed by atoms with E-state index in [1.807, 2.05) is 7.05 Å². The van der Waals surface area contributed by atoms with Crippen molar-refractivity contribution in [2.24, 2.45) is 0 Å². The van der Waals surface area contributed by atoms with E-state index in [1.165, 1.54) is 6.33 Å². The van der Waals surface area contributed by atoms with Gasteiger partial charge in [0.1, 0.15) is 18.0 Å². The molecule has 0 aromatic carbocycles. The smallest absolute Gasteiger partial charge is 0.228 e. The highest BCUT2D eigenvalue weighted by molar-refractivity contribution is 5.57. The first-order valence-electron chi connectivity index (χ1n) is 6.36. The van der Waals surface area contributed by atoms with Crippen molar-refractivity contribution in [2.75, 3.05) is 24.2 Å². The minimum Gasteiger partial charge on any atom is -0.373 e. The molecule has 0 aliphatic carbocycles. The van der Waals surface area contributed by atoms with E-state index in [9.17, 15) is 0 Å². The summed E-state index contributed by atoms with van der Waals surface area (Å²) in [4.78, 5) is 12.5. The minimum atomic E-state index is 0.618. The van der Waals surface area contributed by atoms with Crippen LogP contribution in [-0.2, 0) is 12.8 Å². The molecule has 2 heterocycles. The zero-order valence-corrected chi connectivity index (χ0v) is 11.2. The van der Waals surface area contributed by atoms with Gasteiger partial charge >= 0.3 is 0 Å². The first-order chi connectivity index (χ1) is 9.35. The second-order valence-corrected chi connectivity index (χ2v) is 4.06. The third-order valence-corrected chi connectivity index (χ3v) is 2.72. The molecule has 0 spiro atoms. The molecule has 2 N–H and O–H groups in total. The molecule has 2 aromatic heterocycles. The maximum absolute atomic E-state index is 4.95. The predicted octanol–water partition coefficient (Wildman–Crippen LogP) is 1.51. The van der Waals surface area contributed by atoms with Crippen LogP contribution in [0.2, 0.25) is 0 Å². The summed E-state index contributed by atoms with van der Waals surface area (Å²) in [6.45, 7) is 2.83. The van der Waals surface area contributed by atoms with Crippen LogP contribution < -0.4 is 10.6 Å². The lowest BCUT2D eigenvalue weighted by molar-refractivity contribution is 0.379. The quantitative estimate of drug-likeness (QED) is 0.781.